The van der Waals surface area contributed by atoms with E-state index in [2.05, 4.69) is 60.6 Å². The van der Waals surface area contributed by atoms with Crippen molar-refractivity contribution in [3.63, 3.8) is 0 Å². The molecule has 0 radical (unpaired) electrons. The molecule has 1 atom stereocenters. The van der Waals surface area contributed by atoms with Crippen molar-refractivity contribution in [1.29, 1.82) is 0 Å². The Bertz CT molecular complexity index is 1130. The maximum absolute atomic E-state index is 14.2. The summed E-state index contributed by atoms with van der Waals surface area (Å²) in [6.45, 7) is 1.27. The molecule has 0 bridgehead atoms. The van der Waals surface area contributed by atoms with Crippen LogP contribution in [0.15, 0.2) is 99.4 Å². The Kier molecular flexibility index (Phi) is 7.85. The molecule has 0 spiro atoms. The molecular formula is C25H21BrClFN4S. The summed E-state index contributed by atoms with van der Waals surface area (Å²) in [6, 6.07) is 24.6. The number of benzene rings is 3. The molecule has 0 fully saturated rings. The van der Waals surface area contributed by atoms with Gasteiger partial charge in [0.25, 0.3) is 0 Å². The number of hydrogen-bond donors (Lipinski definition) is 1. The highest BCUT2D eigenvalue weighted by atomic mass is 79.9. The topological polar surface area (TPSA) is 40.0 Å². The van der Waals surface area contributed by atoms with Crippen molar-refractivity contribution in [3.05, 3.63) is 117 Å². The minimum Gasteiger partial charge on any atom is -0.340 e. The van der Waals surface area contributed by atoms with Gasteiger partial charge in [0.1, 0.15) is 11.9 Å². The molecule has 168 valence electrons. The third-order valence-corrected chi connectivity index (χ3v) is 6.84. The maximum Gasteiger partial charge on any atom is 0.175 e. The fraction of sp³-hybridized carbons (Fsp3) is 0.160. The van der Waals surface area contributed by atoms with E-state index in [1.54, 1.807) is 12.1 Å². The van der Waals surface area contributed by atoms with Gasteiger partial charge in [0, 0.05) is 30.1 Å². The van der Waals surface area contributed by atoms with E-state index in [0.717, 1.165) is 11.1 Å². The average molecular weight is 544 g/mol. The third-order valence-electron chi connectivity index (χ3n) is 5.22. The van der Waals surface area contributed by atoms with E-state index in [0.29, 0.717) is 45.5 Å². The molecule has 4 rings (SSSR count). The Hall–Kier alpha value is -2.61. The lowest BCUT2D eigenvalue weighted by Gasteiger charge is -2.26. The summed E-state index contributed by atoms with van der Waals surface area (Å²) in [5.41, 5.74) is 2.70. The van der Waals surface area contributed by atoms with Crippen LogP contribution in [0, 0.1) is 5.82 Å². The maximum atomic E-state index is 14.2. The first-order chi connectivity index (χ1) is 16.0. The number of azo groups is 1. The van der Waals surface area contributed by atoms with Crippen LogP contribution >= 0.6 is 39.7 Å². The number of nitrogens with one attached hydrogen (secondary N) is 1. The van der Waals surface area contributed by atoms with Gasteiger partial charge in [0.2, 0.25) is 0 Å². The molecule has 8 heteroatoms. The lowest BCUT2D eigenvalue weighted by atomic mass is 10.1. The van der Waals surface area contributed by atoms with Crippen LogP contribution < -0.4 is 5.32 Å². The van der Waals surface area contributed by atoms with Crippen molar-refractivity contribution < 1.29 is 4.39 Å². The molecule has 33 heavy (non-hydrogen) atoms. The molecule has 1 aliphatic rings. The van der Waals surface area contributed by atoms with E-state index in [1.807, 2.05) is 36.4 Å². The largest absolute Gasteiger partial charge is 0.340 e. The molecule has 3 aromatic carbocycles. The van der Waals surface area contributed by atoms with Gasteiger partial charge >= 0.3 is 0 Å². The Balaban J connectivity index is 1.50. The molecule has 0 aliphatic carbocycles. The summed E-state index contributed by atoms with van der Waals surface area (Å²) in [4.78, 5) is 2.07. The summed E-state index contributed by atoms with van der Waals surface area (Å²) >= 11 is 15.5. The first-order valence-corrected chi connectivity index (χ1v) is 12.0. The van der Waals surface area contributed by atoms with Crippen LogP contribution in [0.4, 0.5) is 4.39 Å². The zero-order valence-corrected chi connectivity index (χ0v) is 20.7. The van der Waals surface area contributed by atoms with Crippen LogP contribution in [-0.2, 0) is 19.5 Å². The summed E-state index contributed by atoms with van der Waals surface area (Å²) in [5, 5.41) is 12.7. The molecule has 0 saturated carbocycles. The zero-order valence-electron chi connectivity index (χ0n) is 17.6. The highest BCUT2D eigenvalue weighted by molar-refractivity contribution is 9.11. The Morgan fingerprint density at radius 2 is 1.58 bits per heavy atom. The molecule has 1 N–H and O–H groups in total. The van der Waals surface area contributed by atoms with Gasteiger partial charge in [-0.05, 0) is 51.4 Å². The number of halogens is 3. The minimum atomic E-state index is -0.374. The standard InChI is InChI=1S/C25H21BrClFN4S/c26-23-22(14-19-20(27)12-7-13-21(19)28)30-31-24(23)29-25(33)32(15-17-8-3-1-4-9-17)16-18-10-5-2-6-11-18/h1-13,22H,14-16H2,(H,29,33). The molecule has 0 aromatic heterocycles. The Morgan fingerprint density at radius 3 is 2.15 bits per heavy atom. The van der Waals surface area contributed by atoms with Crippen molar-refractivity contribution in [1.82, 2.24) is 10.2 Å². The minimum absolute atomic E-state index is 0.297. The van der Waals surface area contributed by atoms with Crippen LogP contribution in [0.1, 0.15) is 16.7 Å². The predicted molar refractivity (Wildman–Crippen MR) is 138 cm³/mol. The van der Waals surface area contributed by atoms with Gasteiger partial charge < -0.3 is 10.2 Å². The second kappa shape index (κ2) is 11.0. The molecule has 4 nitrogen and oxygen atoms in total. The van der Waals surface area contributed by atoms with E-state index in [4.69, 9.17) is 23.8 Å². The zero-order chi connectivity index (χ0) is 23.2. The number of rotatable bonds is 7. The van der Waals surface area contributed by atoms with Crippen LogP contribution in [0.2, 0.25) is 5.02 Å². The molecular weight excluding hydrogens is 523 g/mol. The number of thiocarbonyl (C=S) groups is 1. The molecule has 0 amide bonds. The van der Waals surface area contributed by atoms with Gasteiger partial charge in [-0.15, -0.1) is 5.11 Å². The SMILES string of the molecule is Fc1cccc(Cl)c1CC1N=NC(NC(=S)N(Cc2ccccc2)Cc2ccccc2)=C1Br. The van der Waals surface area contributed by atoms with Crippen molar-refractivity contribution >= 4 is 44.9 Å². The number of hydrogen-bond acceptors (Lipinski definition) is 3. The smallest absolute Gasteiger partial charge is 0.175 e. The summed E-state index contributed by atoms with van der Waals surface area (Å²) in [7, 11) is 0. The van der Waals surface area contributed by atoms with Gasteiger partial charge in [-0.3, -0.25) is 0 Å². The van der Waals surface area contributed by atoms with Crippen molar-refractivity contribution in [2.24, 2.45) is 10.2 Å². The van der Waals surface area contributed by atoms with E-state index < -0.39 is 0 Å². The van der Waals surface area contributed by atoms with Gasteiger partial charge in [-0.2, -0.15) is 5.11 Å². The number of nitrogens with zero attached hydrogens (tertiary/aromatic N) is 3. The normalized spacial score (nSPS) is 15.1. The summed E-state index contributed by atoms with van der Waals surface area (Å²) in [6.07, 6.45) is 0.297. The van der Waals surface area contributed by atoms with Crippen LogP contribution in [0.25, 0.3) is 0 Å². The molecule has 1 unspecified atom stereocenters. The Labute approximate surface area is 211 Å². The van der Waals surface area contributed by atoms with Gasteiger partial charge in [0.15, 0.2) is 10.9 Å². The summed E-state index contributed by atoms with van der Waals surface area (Å²) < 4.78 is 14.9. The quantitative estimate of drug-likeness (QED) is 0.326. The van der Waals surface area contributed by atoms with E-state index in [-0.39, 0.29) is 11.9 Å². The predicted octanol–water partition coefficient (Wildman–Crippen LogP) is 7.00. The highest BCUT2D eigenvalue weighted by Gasteiger charge is 2.26. The van der Waals surface area contributed by atoms with E-state index in [1.165, 1.54) is 6.07 Å². The first kappa shape index (κ1) is 23.5. The lowest BCUT2D eigenvalue weighted by molar-refractivity contribution is 0.402. The fourth-order valence-electron chi connectivity index (χ4n) is 3.51. The van der Waals surface area contributed by atoms with Crippen molar-refractivity contribution in [2.45, 2.75) is 25.6 Å². The second-order valence-corrected chi connectivity index (χ2v) is 9.24. The fourth-order valence-corrected chi connectivity index (χ4v) is 4.40. The monoisotopic (exact) mass is 542 g/mol. The van der Waals surface area contributed by atoms with Crippen molar-refractivity contribution in [3.8, 4) is 0 Å². The Morgan fingerprint density at radius 1 is 0.970 bits per heavy atom. The second-order valence-electron chi connectivity index (χ2n) is 7.59. The molecule has 1 heterocycles. The highest BCUT2D eigenvalue weighted by Crippen LogP contribution is 2.31. The molecule has 1 aliphatic heterocycles. The first-order valence-electron chi connectivity index (χ1n) is 10.4. The third kappa shape index (κ3) is 6.05. The van der Waals surface area contributed by atoms with Crippen LogP contribution in [0.3, 0.4) is 0 Å². The van der Waals surface area contributed by atoms with Crippen LogP contribution in [0.5, 0.6) is 0 Å². The van der Waals surface area contributed by atoms with Gasteiger partial charge in [-0.1, -0.05) is 78.3 Å². The molecule has 3 aromatic rings. The van der Waals surface area contributed by atoms with Crippen LogP contribution in [-0.4, -0.2) is 16.1 Å². The summed E-state index contributed by atoms with van der Waals surface area (Å²) in [5.74, 6) is 0.162. The lowest BCUT2D eigenvalue weighted by Crippen LogP contribution is -2.38. The van der Waals surface area contributed by atoms with E-state index in [9.17, 15) is 4.39 Å². The van der Waals surface area contributed by atoms with Gasteiger partial charge in [-0.25, -0.2) is 4.39 Å². The van der Waals surface area contributed by atoms with Gasteiger partial charge in [0.05, 0.1) is 4.48 Å². The van der Waals surface area contributed by atoms with Crippen molar-refractivity contribution in [2.75, 3.05) is 0 Å². The average Bonchev–Trinajstić information content (AvgIpc) is 3.16. The molecule has 0 saturated heterocycles. The van der Waals surface area contributed by atoms with E-state index >= 15 is 0 Å².